The van der Waals surface area contributed by atoms with Gasteiger partial charge in [-0.05, 0) is 6.07 Å². The molecule has 1 atom stereocenters. The van der Waals surface area contributed by atoms with Crippen molar-refractivity contribution in [2.45, 2.75) is 6.10 Å². The number of methoxy groups -OCH3 is 2. The van der Waals surface area contributed by atoms with Crippen LogP contribution < -0.4 is 15.2 Å². The molecule has 0 fully saturated rings. The second-order valence-corrected chi connectivity index (χ2v) is 3.83. The van der Waals surface area contributed by atoms with E-state index in [-0.39, 0.29) is 6.54 Å². The Morgan fingerprint density at radius 3 is 2.53 bits per heavy atom. The van der Waals surface area contributed by atoms with Crippen LogP contribution in [0.3, 0.4) is 0 Å². The van der Waals surface area contributed by atoms with Crippen LogP contribution >= 0.6 is 15.9 Å². The minimum atomic E-state index is -0.750. The van der Waals surface area contributed by atoms with Crippen molar-refractivity contribution in [2.24, 2.45) is 5.73 Å². The summed E-state index contributed by atoms with van der Waals surface area (Å²) in [6.45, 7) is 0.140. The van der Waals surface area contributed by atoms with E-state index in [0.717, 1.165) is 4.47 Å². The van der Waals surface area contributed by atoms with Crippen LogP contribution in [-0.4, -0.2) is 25.9 Å². The second-order valence-electron chi connectivity index (χ2n) is 2.98. The zero-order chi connectivity index (χ0) is 11.4. The maximum Gasteiger partial charge on any atom is 0.129 e. The van der Waals surface area contributed by atoms with Gasteiger partial charge in [0.05, 0.1) is 20.3 Å². The minimum absolute atomic E-state index is 0.140. The van der Waals surface area contributed by atoms with Crippen LogP contribution in [0, 0.1) is 0 Å². The van der Waals surface area contributed by atoms with Crippen LogP contribution in [-0.2, 0) is 0 Å². The van der Waals surface area contributed by atoms with Crippen LogP contribution in [0.25, 0.3) is 0 Å². The molecule has 0 heterocycles. The fraction of sp³-hybridized carbons (Fsp3) is 0.400. The van der Waals surface area contributed by atoms with Crippen molar-refractivity contribution in [3.05, 3.63) is 22.2 Å². The summed E-state index contributed by atoms with van der Waals surface area (Å²) in [4.78, 5) is 0. The first kappa shape index (κ1) is 12.3. The van der Waals surface area contributed by atoms with Crippen LogP contribution in [0.4, 0.5) is 0 Å². The van der Waals surface area contributed by atoms with Crippen LogP contribution in [0.1, 0.15) is 11.7 Å². The third-order valence-electron chi connectivity index (χ3n) is 2.08. The Labute approximate surface area is 97.1 Å². The van der Waals surface area contributed by atoms with E-state index in [4.69, 9.17) is 15.2 Å². The summed E-state index contributed by atoms with van der Waals surface area (Å²) in [6.07, 6.45) is -0.750. The number of rotatable bonds is 4. The van der Waals surface area contributed by atoms with Gasteiger partial charge in [0, 0.05) is 22.6 Å². The largest absolute Gasteiger partial charge is 0.497 e. The Kier molecular flexibility index (Phi) is 4.38. The highest BCUT2D eigenvalue weighted by atomic mass is 79.9. The number of aliphatic hydroxyl groups excluding tert-OH is 1. The Hall–Kier alpha value is -0.780. The number of nitrogens with two attached hydrogens (primary N) is 1. The van der Waals surface area contributed by atoms with E-state index >= 15 is 0 Å². The van der Waals surface area contributed by atoms with Gasteiger partial charge in [0.25, 0.3) is 0 Å². The van der Waals surface area contributed by atoms with Gasteiger partial charge in [0.1, 0.15) is 11.5 Å². The highest BCUT2D eigenvalue weighted by molar-refractivity contribution is 9.10. The molecular weight excluding hydrogens is 262 g/mol. The maximum absolute atomic E-state index is 9.71. The van der Waals surface area contributed by atoms with Gasteiger partial charge in [-0.15, -0.1) is 0 Å². The normalized spacial score (nSPS) is 12.3. The fourth-order valence-corrected chi connectivity index (χ4v) is 1.98. The molecule has 0 saturated carbocycles. The molecule has 0 bridgehead atoms. The molecule has 1 aromatic carbocycles. The molecule has 0 aliphatic heterocycles. The Morgan fingerprint density at radius 1 is 1.40 bits per heavy atom. The number of halogens is 1. The highest BCUT2D eigenvalue weighted by Gasteiger charge is 2.17. The third kappa shape index (κ3) is 2.62. The topological polar surface area (TPSA) is 64.7 Å². The molecule has 0 aliphatic rings. The van der Waals surface area contributed by atoms with E-state index < -0.39 is 6.10 Å². The molecule has 0 aliphatic carbocycles. The lowest BCUT2D eigenvalue weighted by atomic mass is 10.1. The van der Waals surface area contributed by atoms with Gasteiger partial charge in [0.2, 0.25) is 0 Å². The van der Waals surface area contributed by atoms with Crippen molar-refractivity contribution >= 4 is 15.9 Å². The average Bonchev–Trinajstić information content (AvgIpc) is 2.26. The molecule has 0 aromatic heterocycles. The van der Waals surface area contributed by atoms with E-state index in [0.29, 0.717) is 17.1 Å². The zero-order valence-corrected chi connectivity index (χ0v) is 10.2. The number of hydrogen-bond donors (Lipinski definition) is 2. The van der Waals surface area contributed by atoms with E-state index in [1.165, 1.54) is 7.11 Å². The average molecular weight is 276 g/mol. The predicted molar refractivity (Wildman–Crippen MR) is 61.3 cm³/mol. The molecule has 0 radical (unpaired) electrons. The fourth-order valence-electron chi connectivity index (χ4n) is 1.30. The van der Waals surface area contributed by atoms with Crippen molar-refractivity contribution in [1.29, 1.82) is 0 Å². The molecule has 5 heteroatoms. The third-order valence-corrected chi connectivity index (χ3v) is 2.73. The monoisotopic (exact) mass is 275 g/mol. The molecular formula is C10H14BrNO3. The van der Waals surface area contributed by atoms with E-state index in [1.54, 1.807) is 19.2 Å². The van der Waals surface area contributed by atoms with E-state index in [1.807, 2.05) is 0 Å². The summed E-state index contributed by atoms with van der Waals surface area (Å²) in [6, 6.07) is 3.47. The van der Waals surface area contributed by atoms with Gasteiger partial charge in [-0.3, -0.25) is 0 Å². The van der Waals surface area contributed by atoms with Crippen molar-refractivity contribution in [2.75, 3.05) is 20.8 Å². The molecule has 84 valence electrons. The van der Waals surface area contributed by atoms with E-state index in [2.05, 4.69) is 15.9 Å². The van der Waals surface area contributed by atoms with Gasteiger partial charge in [0.15, 0.2) is 0 Å². The van der Waals surface area contributed by atoms with Gasteiger partial charge in [-0.2, -0.15) is 0 Å². The number of hydrogen-bond acceptors (Lipinski definition) is 4. The molecule has 1 aromatic rings. The minimum Gasteiger partial charge on any atom is -0.497 e. The quantitative estimate of drug-likeness (QED) is 0.873. The zero-order valence-electron chi connectivity index (χ0n) is 8.66. The first-order valence-electron chi connectivity index (χ1n) is 4.43. The van der Waals surface area contributed by atoms with Gasteiger partial charge >= 0.3 is 0 Å². The molecule has 4 nitrogen and oxygen atoms in total. The summed E-state index contributed by atoms with van der Waals surface area (Å²) in [5.41, 5.74) is 6.05. The lowest BCUT2D eigenvalue weighted by Gasteiger charge is -2.16. The molecule has 0 unspecified atom stereocenters. The lowest BCUT2D eigenvalue weighted by Crippen LogP contribution is -2.13. The molecule has 0 saturated heterocycles. The molecule has 1 rings (SSSR count). The van der Waals surface area contributed by atoms with Crippen LogP contribution in [0.15, 0.2) is 16.6 Å². The van der Waals surface area contributed by atoms with Gasteiger partial charge < -0.3 is 20.3 Å². The summed E-state index contributed by atoms with van der Waals surface area (Å²) < 4.78 is 11.0. The Morgan fingerprint density at radius 2 is 2.07 bits per heavy atom. The number of ether oxygens (including phenoxy) is 2. The number of aliphatic hydroxyl groups is 1. The smallest absolute Gasteiger partial charge is 0.129 e. The van der Waals surface area contributed by atoms with E-state index in [9.17, 15) is 5.11 Å². The Bertz CT molecular complexity index is 344. The summed E-state index contributed by atoms with van der Waals surface area (Å²) in [5, 5.41) is 9.71. The summed E-state index contributed by atoms with van der Waals surface area (Å²) >= 11 is 3.35. The van der Waals surface area contributed by atoms with Gasteiger partial charge in [-0.25, -0.2) is 0 Å². The van der Waals surface area contributed by atoms with Crippen LogP contribution in [0.5, 0.6) is 11.5 Å². The summed E-state index contributed by atoms with van der Waals surface area (Å²) in [7, 11) is 3.11. The van der Waals surface area contributed by atoms with Crippen molar-refractivity contribution in [1.82, 2.24) is 0 Å². The molecule has 0 amide bonds. The van der Waals surface area contributed by atoms with Crippen molar-refractivity contribution in [3.63, 3.8) is 0 Å². The second kappa shape index (κ2) is 5.34. The molecule has 3 N–H and O–H groups in total. The Balaban J connectivity index is 3.24. The summed E-state index contributed by atoms with van der Waals surface area (Å²) in [5.74, 6) is 1.21. The van der Waals surface area contributed by atoms with Crippen molar-refractivity contribution < 1.29 is 14.6 Å². The lowest BCUT2D eigenvalue weighted by molar-refractivity contribution is 0.181. The first-order chi connectivity index (χ1) is 7.13. The predicted octanol–water partition coefficient (Wildman–Crippen LogP) is 1.46. The van der Waals surface area contributed by atoms with Gasteiger partial charge in [-0.1, -0.05) is 15.9 Å². The number of benzene rings is 1. The van der Waals surface area contributed by atoms with Crippen molar-refractivity contribution in [3.8, 4) is 11.5 Å². The highest BCUT2D eigenvalue weighted by Crippen LogP contribution is 2.36. The molecule has 15 heavy (non-hydrogen) atoms. The molecule has 0 spiro atoms. The standard InChI is InChI=1S/C10H14BrNO3/c1-14-6-3-7(11)10(8(13)5-12)9(4-6)15-2/h3-4,8,13H,5,12H2,1-2H3/t8-/m1/s1. The maximum atomic E-state index is 9.71. The SMILES string of the molecule is COc1cc(Br)c([C@H](O)CN)c(OC)c1. The first-order valence-corrected chi connectivity index (χ1v) is 5.22. The van der Waals surface area contributed by atoms with Crippen LogP contribution in [0.2, 0.25) is 0 Å².